The van der Waals surface area contributed by atoms with E-state index in [1.807, 2.05) is 20.8 Å². The van der Waals surface area contributed by atoms with Crippen LogP contribution in [0.2, 0.25) is 0 Å². The molecule has 2 aromatic carbocycles. The first-order valence-corrected chi connectivity index (χ1v) is 12.9. The van der Waals surface area contributed by atoms with E-state index in [1.54, 1.807) is 36.4 Å². The lowest BCUT2D eigenvalue weighted by atomic mass is 9.84. The van der Waals surface area contributed by atoms with Crippen LogP contribution in [0.25, 0.3) is 0 Å². The van der Waals surface area contributed by atoms with Crippen LogP contribution in [0.5, 0.6) is 5.75 Å². The first kappa shape index (κ1) is 22.8. The summed E-state index contributed by atoms with van der Waals surface area (Å²) in [7, 11) is -3.60. The number of hydrogen-bond donors (Lipinski definition) is 2. The third kappa shape index (κ3) is 5.15. The third-order valence-electron chi connectivity index (χ3n) is 6.69. The molecule has 4 rings (SSSR count). The van der Waals surface area contributed by atoms with E-state index < -0.39 is 10.0 Å². The van der Waals surface area contributed by atoms with Gasteiger partial charge in [0.15, 0.2) is 0 Å². The number of hydrogen-bond acceptors (Lipinski definition) is 4. The number of benzene rings is 2. The van der Waals surface area contributed by atoms with Crippen LogP contribution in [-0.4, -0.2) is 26.5 Å². The molecule has 0 aromatic heterocycles. The molecule has 32 heavy (non-hydrogen) atoms. The number of rotatable bonds is 8. The summed E-state index contributed by atoms with van der Waals surface area (Å²) in [5.74, 6) is 2.30. The molecule has 0 radical (unpaired) electrons. The molecule has 0 aliphatic heterocycles. The van der Waals surface area contributed by atoms with Crippen LogP contribution in [0, 0.1) is 17.8 Å². The van der Waals surface area contributed by atoms with Crippen LogP contribution in [0.3, 0.4) is 0 Å². The zero-order chi connectivity index (χ0) is 22.9. The minimum atomic E-state index is -3.60. The summed E-state index contributed by atoms with van der Waals surface area (Å²) in [5.41, 5.74) is 1.04. The summed E-state index contributed by atoms with van der Waals surface area (Å²) in [6.07, 6.45) is 4.96. The van der Waals surface area contributed by atoms with Gasteiger partial charge < -0.3 is 10.1 Å². The van der Waals surface area contributed by atoms with Gasteiger partial charge in [0.2, 0.25) is 10.0 Å². The van der Waals surface area contributed by atoms with Crippen molar-refractivity contribution < 1.29 is 17.9 Å². The smallest absolute Gasteiger partial charge is 0.255 e. The Hall–Kier alpha value is -2.38. The van der Waals surface area contributed by atoms with Crippen molar-refractivity contribution in [3.63, 3.8) is 0 Å². The normalized spacial score (nSPS) is 23.3. The largest absolute Gasteiger partial charge is 0.491 e. The summed E-state index contributed by atoms with van der Waals surface area (Å²) >= 11 is 0. The van der Waals surface area contributed by atoms with Gasteiger partial charge in [-0.15, -0.1) is 0 Å². The average molecular weight is 457 g/mol. The first-order chi connectivity index (χ1) is 15.2. The lowest BCUT2D eigenvalue weighted by molar-refractivity contribution is 0.102. The second-order valence-electron chi connectivity index (χ2n) is 9.42. The predicted molar refractivity (Wildman–Crippen MR) is 125 cm³/mol. The summed E-state index contributed by atoms with van der Waals surface area (Å²) in [6, 6.07) is 13.1. The van der Waals surface area contributed by atoms with Gasteiger partial charge in [-0.1, -0.05) is 6.42 Å². The highest BCUT2D eigenvalue weighted by molar-refractivity contribution is 7.89. The fraction of sp³-hybridized carbons (Fsp3) is 0.480. The van der Waals surface area contributed by atoms with Crippen molar-refractivity contribution in [1.82, 2.24) is 4.72 Å². The number of ether oxygens (including phenoxy) is 1. The Morgan fingerprint density at radius 3 is 2.22 bits per heavy atom. The molecule has 2 aliphatic carbocycles. The van der Waals surface area contributed by atoms with Crippen molar-refractivity contribution >= 4 is 21.6 Å². The Morgan fingerprint density at radius 1 is 0.969 bits per heavy atom. The highest BCUT2D eigenvalue weighted by Gasteiger charge is 2.42. The number of nitrogens with one attached hydrogen (secondary N) is 2. The standard InChI is InChI=1S/C25H32N2O4S/c1-16(2)31-22-10-6-19(7-11-22)25(28)26-21-8-12-23(13-9-21)32(29,30)27-17(3)24-15-18-4-5-20(24)14-18/h6-13,16-18,20,24,27H,4-5,14-15H2,1-3H3,(H,26,28)/t17-,18+,20+,24+/m0/s1. The average Bonchev–Trinajstić information content (AvgIpc) is 3.38. The van der Waals surface area contributed by atoms with E-state index in [0.717, 1.165) is 12.3 Å². The van der Waals surface area contributed by atoms with E-state index >= 15 is 0 Å². The van der Waals surface area contributed by atoms with E-state index in [4.69, 9.17) is 4.74 Å². The number of carbonyl (C=O) groups is 1. The van der Waals surface area contributed by atoms with Gasteiger partial charge in [0.05, 0.1) is 11.0 Å². The van der Waals surface area contributed by atoms with Crippen molar-refractivity contribution in [2.45, 2.75) is 63.5 Å². The molecule has 0 unspecified atom stereocenters. The van der Waals surface area contributed by atoms with Crippen LogP contribution in [0.1, 0.15) is 56.8 Å². The molecule has 4 atom stereocenters. The van der Waals surface area contributed by atoms with E-state index in [2.05, 4.69) is 10.0 Å². The molecule has 2 saturated carbocycles. The van der Waals surface area contributed by atoms with E-state index in [-0.39, 0.29) is 22.9 Å². The molecule has 2 aliphatic rings. The Morgan fingerprint density at radius 2 is 1.66 bits per heavy atom. The van der Waals surface area contributed by atoms with Crippen molar-refractivity contribution in [3.8, 4) is 5.75 Å². The number of sulfonamides is 1. The Kier molecular flexibility index (Phi) is 6.58. The lowest BCUT2D eigenvalue weighted by Crippen LogP contribution is -2.40. The van der Waals surface area contributed by atoms with E-state index in [0.29, 0.717) is 28.8 Å². The summed E-state index contributed by atoms with van der Waals surface area (Å²) in [5, 5.41) is 2.81. The number of anilines is 1. The van der Waals surface area contributed by atoms with Crippen LogP contribution < -0.4 is 14.8 Å². The van der Waals surface area contributed by atoms with Gasteiger partial charge in [0.1, 0.15) is 5.75 Å². The highest BCUT2D eigenvalue weighted by atomic mass is 32.2. The highest BCUT2D eigenvalue weighted by Crippen LogP contribution is 2.49. The van der Waals surface area contributed by atoms with Crippen LogP contribution in [0.4, 0.5) is 5.69 Å². The lowest BCUT2D eigenvalue weighted by Gasteiger charge is -2.28. The zero-order valence-electron chi connectivity index (χ0n) is 18.9. The maximum absolute atomic E-state index is 12.9. The van der Waals surface area contributed by atoms with Gasteiger partial charge in [0.25, 0.3) is 5.91 Å². The first-order valence-electron chi connectivity index (χ1n) is 11.4. The molecule has 2 fully saturated rings. The minimum Gasteiger partial charge on any atom is -0.491 e. The zero-order valence-corrected chi connectivity index (χ0v) is 19.7. The van der Waals surface area contributed by atoms with Crippen molar-refractivity contribution in [2.75, 3.05) is 5.32 Å². The molecule has 2 N–H and O–H groups in total. The molecule has 0 spiro atoms. The van der Waals surface area contributed by atoms with Crippen molar-refractivity contribution in [3.05, 3.63) is 54.1 Å². The van der Waals surface area contributed by atoms with Crippen LogP contribution >= 0.6 is 0 Å². The fourth-order valence-corrected chi connectivity index (χ4v) is 6.48. The molecule has 6 nitrogen and oxygen atoms in total. The molecule has 172 valence electrons. The molecule has 0 saturated heterocycles. The minimum absolute atomic E-state index is 0.0650. The Labute approximate surface area is 190 Å². The van der Waals surface area contributed by atoms with Crippen LogP contribution in [0.15, 0.2) is 53.4 Å². The predicted octanol–water partition coefficient (Wildman–Crippen LogP) is 4.83. The van der Waals surface area contributed by atoms with E-state index in [9.17, 15) is 13.2 Å². The monoisotopic (exact) mass is 456 g/mol. The van der Waals surface area contributed by atoms with Gasteiger partial charge >= 0.3 is 0 Å². The molecule has 7 heteroatoms. The molecule has 0 heterocycles. The number of fused-ring (bicyclic) bond motifs is 2. The quantitative estimate of drug-likeness (QED) is 0.596. The second-order valence-corrected chi connectivity index (χ2v) is 11.1. The molecule has 1 amide bonds. The molecule has 2 aromatic rings. The fourth-order valence-electron chi connectivity index (χ4n) is 5.18. The van der Waals surface area contributed by atoms with Gasteiger partial charge in [-0.3, -0.25) is 4.79 Å². The van der Waals surface area contributed by atoms with E-state index in [1.165, 1.54) is 31.4 Å². The third-order valence-corrected chi connectivity index (χ3v) is 8.26. The number of amides is 1. The van der Waals surface area contributed by atoms with Gasteiger partial charge in [0, 0.05) is 17.3 Å². The van der Waals surface area contributed by atoms with Gasteiger partial charge in [-0.05, 0) is 106 Å². The summed E-state index contributed by atoms with van der Waals surface area (Å²) in [4.78, 5) is 12.7. The molecular weight excluding hydrogens is 424 g/mol. The Bertz CT molecular complexity index is 1050. The van der Waals surface area contributed by atoms with Gasteiger partial charge in [-0.2, -0.15) is 0 Å². The second kappa shape index (κ2) is 9.24. The summed E-state index contributed by atoms with van der Waals surface area (Å²) in [6.45, 7) is 5.87. The van der Waals surface area contributed by atoms with Crippen LogP contribution in [-0.2, 0) is 10.0 Å². The topological polar surface area (TPSA) is 84.5 Å². The number of carbonyl (C=O) groups excluding carboxylic acids is 1. The summed E-state index contributed by atoms with van der Waals surface area (Å²) < 4.78 is 34.2. The van der Waals surface area contributed by atoms with Gasteiger partial charge in [-0.25, -0.2) is 13.1 Å². The Balaban J connectivity index is 1.36. The maximum Gasteiger partial charge on any atom is 0.255 e. The molecular formula is C25H32N2O4S. The van der Waals surface area contributed by atoms with Crippen molar-refractivity contribution in [2.24, 2.45) is 17.8 Å². The molecule has 2 bridgehead atoms. The SMILES string of the molecule is CC(C)Oc1ccc(C(=O)Nc2ccc(S(=O)(=O)N[C@@H](C)[C@H]3C[C@@H]4CC[C@@H]3C4)cc2)cc1. The maximum atomic E-state index is 12.9. The van der Waals surface area contributed by atoms with Crippen molar-refractivity contribution in [1.29, 1.82) is 0 Å².